The van der Waals surface area contributed by atoms with Gasteiger partial charge in [0, 0.05) is 5.02 Å². The Labute approximate surface area is 211 Å². The zero-order valence-electron chi connectivity index (χ0n) is 18.6. The molecule has 3 aromatic carbocycles. The van der Waals surface area contributed by atoms with E-state index in [2.05, 4.69) is 5.32 Å². The second-order valence-corrected chi connectivity index (χ2v) is 8.33. The van der Waals surface area contributed by atoms with Gasteiger partial charge in [-0.25, -0.2) is 9.69 Å². The minimum atomic E-state index is -0.836. The average Bonchev–Trinajstić information content (AvgIpc) is 2.84. The molecule has 0 radical (unpaired) electrons. The number of ether oxygens (including phenoxy) is 2. The number of nitrogens with one attached hydrogen (secondary N) is 1. The highest BCUT2D eigenvalue weighted by Crippen LogP contribution is 2.28. The largest absolute Gasteiger partial charge is 0.492 e. The molecule has 3 aromatic rings. The van der Waals surface area contributed by atoms with E-state index in [9.17, 15) is 14.4 Å². The number of imide groups is 2. The van der Waals surface area contributed by atoms with Crippen LogP contribution in [0.25, 0.3) is 6.08 Å². The number of halogens is 2. The highest BCUT2D eigenvalue weighted by Gasteiger charge is 2.36. The number of nitrogens with zero attached hydrogens (tertiary/aromatic N) is 1. The van der Waals surface area contributed by atoms with E-state index >= 15 is 0 Å². The molecule has 9 heteroatoms. The third kappa shape index (κ3) is 5.65. The van der Waals surface area contributed by atoms with Crippen LogP contribution in [0.1, 0.15) is 18.1 Å². The van der Waals surface area contributed by atoms with Crippen molar-refractivity contribution in [2.45, 2.75) is 13.5 Å². The summed E-state index contributed by atoms with van der Waals surface area (Å²) in [4.78, 5) is 38.9. The van der Waals surface area contributed by atoms with Gasteiger partial charge in [-0.15, -0.1) is 0 Å². The minimum Gasteiger partial charge on any atom is -0.492 e. The molecule has 0 unspecified atom stereocenters. The molecule has 0 spiro atoms. The van der Waals surface area contributed by atoms with Crippen LogP contribution < -0.4 is 19.7 Å². The first-order chi connectivity index (χ1) is 16.9. The molecular weight excluding hydrogens is 491 g/mol. The molecule has 0 bridgehead atoms. The van der Waals surface area contributed by atoms with Crippen LogP contribution in [0.3, 0.4) is 0 Å². The molecule has 0 aliphatic carbocycles. The number of hydrogen-bond acceptors (Lipinski definition) is 5. The summed E-state index contributed by atoms with van der Waals surface area (Å²) >= 11 is 12.1. The van der Waals surface area contributed by atoms with Crippen LogP contribution in [0.15, 0.2) is 72.3 Å². The quantitative estimate of drug-likeness (QED) is 0.328. The number of barbiturate groups is 1. The van der Waals surface area contributed by atoms with E-state index < -0.39 is 17.8 Å². The molecule has 1 aliphatic heterocycles. The van der Waals surface area contributed by atoms with Crippen LogP contribution in [0, 0.1) is 0 Å². The van der Waals surface area contributed by atoms with Gasteiger partial charge < -0.3 is 9.47 Å². The number of urea groups is 1. The molecule has 7 nitrogen and oxygen atoms in total. The monoisotopic (exact) mass is 510 g/mol. The van der Waals surface area contributed by atoms with Gasteiger partial charge in [0.05, 0.1) is 17.3 Å². The Morgan fingerprint density at radius 3 is 2.29 bits per heavy atom. The number of carbonyl (C=O) groups excluding carboxylic acids is 3. The zero-order valence-corrected chi connectivity index (χ0v) is 20.1. The molecule has 35 heavy (non-hydrogen) atoms. The summed E-state index contributed by atoms with van der Waals surface area (Å²) in [6, 6.07) is 17.7. The van der Waals surface area contributed by atoms with E-state index in [1.54, 1.807) is 54.6 Å². The van der Waals surface area contributed by atoms with Gasteiger partial charge in [-0.2, -0.15) is 0 Å². The molecule has 0 aromatic heterocycles. The van der Waals surface area contributed by atoms with Crippen LogP contribution in [-0.2, 0) is 16.2 Å². The Hall–Kier alpha value is -3.81. The number of benzene rings is 3. The minimum absolute atomic E-state index is 0.201. The van der Waals surface area contributed by atoms with Crippen LogP contribution >= 0.6 is 23.2 Å². The fourth-order valence-corrected chi connectivity index (χ4v) is 3.75. The predicted molar refractivity (Wildman–Crippen MR) is 134 cm³/mol. The Balaban J connectivity index is 1.52. The molecule has 4 amide bonds. The topological polar surface area (TPSA) is 84.9 Å². The summed E-state index contributed by atoms with van der Waals surface area (Å²) in [5.74, 6) is -0.502. The molecule has 0 saturated carbocycles. The highest BCUT2D eigenvalue weighted by atomic mass is 35.5. The number of anilines is 1. The second-order valence-electron chi connectivity index (χ2n) is 7.49. The SMILES string of the molecule is CCOc1ccc(/C=C2\C(=O)NC(=O)N(c3ccc(OCc4ccc(Cl)cc4)cc3)C2=O)cc1Cl. The van der Waals surface area contributed by atoms with E-state index in [0.29, 0.717) is 40.3 Å². The summed E-state index contributed by atoms with van der Waals surface area (Å²) in [6.07, 6.45) is 1.38. The van der Waals surface area contributed by atoms with Crippen molar-refractivity contribution < 1.29 is 23.9 Å². The van der Waals surface area contributed by atoms with Gasteiger partial charge in [0.2, 0.25) is 0 Å². The molecule has 1 N–H and O–H groups in total. The standard InChI is InChI=1S/C26H20Cl2N2O5/c1-2-34-23-12-5-17(14-22(23)28)13-21-24(31)29-26(33)30(25(21)32)19-8-10-20(11-9-19)35-15-16-3-6-18(27)7-4-16/h3-14H,2,15H2,1H3,(H,29,31,33)/b21-13+. The summed E-state index contributed by atoms with van der Waals surface area (Å²) < 4.78 is 11.2. The summed E-state index contributed by atoms with van der Waals surface area (Å²) in [5.41, 5.74) is 1.53. The van der Waals surface area contributed by atoms with Gasteiger partial charge in [-0.3, -0.25) is 14.9 Å². The first kappa shape index (κ1) is 24.3. The number of hydrogen-bond donors (Lipinski definition) is 1. The number of amides is 4. The fraction of sp³-hybridized carbons (Fsp3) is 0.115. The summed E-state index contributed by atoms with van der Waals surface area (Å²) in [6.45, 7) is 2.61. The Kier molecular flexibility index (Phi) is 7.39. The molecule has 178 valence electrons. The van der Waals surface area contributed by atoms with Crippen molar-refractivity contribution in [3.8, 4) is 11.5 Å². The first-order valence-electron chi connectivity index (χ1n) is 10.7. The second kappa shape index (κ2) is 10.6. The smallest absolute Gasteiger partial charge is 0.335 e. The normalized spacial score (nSPS) is 14.8. The van der Waals surface area contributed by atoms with Gasteiger partial charge in [-0.05, 0) is 72.7 Å². The predicted octanol–water partition coefficient (Wildman–Crippen LogP) is 5.64. The van der Waals surface area contributed by atoms with Gasteiger partial charge >= 0.3 is 6.03 Å². The van der Waals surface area contributed by atoms with Crippen LogP contribution in [0.4, 0.5) is 10.5 Å². The molecule has 1 aliphatic rings. The van der Waals surface area contributed by atoms with Gasteiger partial charge in [0.25, 0.3) is 11.8 Å². The Morgan fingerprint density at radius 2 is 1.63 bits per heavy atom. The molecule has 1 heterocycles. The maximum absolute atomic E-state index is 13.1. The maximum Gasteiger partial charge on any atom is 0.335 e. The van der Waals surface area contributed by atoms with Crippen molar-refractivity contribution in [2.75, 3.05) is 11.5 Å². The lowest BCUT2D eigenvalue weighted by Gasteiger charge is -2.26. The molecule has 0 atom stereocenters. The summed E-state index contributed by atoms with van der Waals surface area (Å²) in [5, 5.41) is 3.18. The lowest BCUT2D eigenvalue weighted by molar-refractivity contribution is -0.122. The summed E-state index contributed by atoms with van der Waals surface area (Å²) in [7, 11) is 0. The fourth-order valence-electron chi connectivity index (χ4n) is 3.38. The van der Waals surface area contributed by atoms with Gasteiger partial charge in [-0.1, -0.05) is 41.4 Å². The lowest BCUT2D eigenvalue weighted by atomic mass is 10.1. The van der Waals surface area contributed by atoms with E-state index in [1.807, 2.05) is 19.1 Å². The lowest BCUT2D eigenvalue weighted by Crippen LogP contribution is -2.54. The van der Waals surface area contributed by atoms with Crippen molar-refractivity contribution in [2.24, 2.45) is 0 Å². The molecule has 4 rings (SSSR count). The zero-order chi connectivity index (χ0) is 24.9. The highest BCUT2D eigenvalue weighted by molar-refractivity contribution is 6.39. The Morgan fingerprint density at radius 1 is 0.914 bits per heavy atom. The Bertz CT molecular complexity index is 1300. The van der Waals surface area contributed by atoms with Crippen molar-refractivity contribution in [1.29, 1.82) is 0 Å². The van der Waals surface area contributed by atoms with Crippen molar-refractivity contribution in [3.05, 3.63) is 93.5 Å². The third-order valence-corrected chi connectivity index (χ3v) is 5.63. The van der Waals surface area contributed by atoms with Crippen LogP contribution in [-0.4, -0.2) is 24.5 Å². The van der Waals surface area contributed by atoms with Gasteiger partial charge in [0.15, 0.2) is 0 Å². The number of rotatable bonds is 7. The van der Waals surface area contributed by atoms with Crippen molar-refractivity contribution in [1.82, 2.24) is 5.32 Å². The van der Waals surface area contributed by atoms with Crippen LogP contribution in [0.2, 0.25) is 10.0 Å². The average molecular weight is 511 g/mol. The van der Waals surface area contributed by atoms with Crippen LogP contribution in [0.5, 0.6) is 11.5 Å². The molecule has 1 saturated heterocycles. The van der Waals surface area contributed by atoms with E-state index in [4.69, 9.17) is 32.7 Å². The van der Waals surface area contributed by atoms with Crippen molar-refractivity contribution in [3.63, 3.8) is 0 Å². The van der Waals surface area contributed by atoms with E-state index in [1.165, 1.54) is 6.08 Å². The van der Waals surface area contributed by atoms with E-state index in [0.717, 1.165) is 10.5 Å². The maximum atomic E-state index is 13.1. The van der Waals surface area contributed by atoms with Gasteiger partial charge in [0.1, 0.15) is 23.7 Å². The van der Waals surface area contributed by atoms with Crippen molar-refractivity contribution >= 4 is 52.8 Å². The number of carbonyl (C=O) groups is 3. The third-order valence-electron chi connectivity index (χ3n) is 5.08. The van der Waals surface area contributed by atoms with E-state index in [-0.39, 0.29) is 11.3 Å². The molecule has 1 fully saturated rings. The first-order valence-corrected chi connectivity index (χ1v) is 11.4. The molecular formula is C26H20Cl2N2O5.